The lowest BCUT2D eigenvalue weighted by Gasteiger charge is -2.40. The van der Waals surface area contributed by atoms with Crippen LogP contribution in [-0.4, -0.2) is 4.57 Å². The number of rotatable bonds is 1. The summed E-state index contributed by atoms with van der Waals surface area (Å²) < 4.78 is 5.20. The number of fused-ring (bicyclic) bond motifs is 18. The van der Waals surface area contributed by atoms with E-state index < -0.39 is 5.41 Å². The van der Waals surface area contributed by atoms with Crippen LogP contribution in [-0.2, 0) is 5.41 Å². The Morgan fingerprint density at radius 3 is 1.98 bits per heavy atom. The molecule has 1 nitrogen and oxygen atoms in total. The number of hydrogen-bond acceptors (Lipinski definition) is 2. The molecule has 2 aliphatic rings. The number of thiophene rings is 1. The monoisotopic (exact) mass is 669 g/mol. The normalized spacial score (nSPS) is 14.1. The second-order valence-electron chi connectivity index (χ2n) is 13.6. The van der Waals surface area contributed by atoms with Crippen LogP contribution < -0.4 is 0 Å². The second-order valence-corrected chi connectivity index (χ2v) is 15.7. The number of nitrogens with zero attached hydrogens (tertiary/aromatic N) is 1. The molecule has 0 amide bonds. The maximum absolute atomic E-state index is 2.55. The first-order chi connectivity index (χ1) is 24.8. The third-order valence-electron chi connectivity index (χ3n) is 11.2. The maximum Gasteiger partial charge on any atom is 0.0735 e. The van der Waals surface area contributed by atoms with Gasteiger partial charge in [0.05, 0.1) is 16.4 Å². The summed E-state index contributed by atoms with van der Waals surface area (Å²) in [6.07, 6.45) is 0. The topological polar surface area (TPSA) is 4.93 Å². The average Bonchev–Trinajstić information content (AvgIpc) is 3.82. The molecule has 0 unspecified atom stereocenters. The first-order valence-electron chi connectivity index (χ1n) is 17.2. The Labute approximate surface area is 297 Å². The van der Waals surface area contributed by atoms with Gasteiger partial charge in [0.2, 0.25) is 0 Å². The molecule has 1 spiro atoms. The van der Waals surface area contributed by atoms with Crippen molar-refractivity contribution in [3.63, 3.8) is 0 Å². The summed E-state index contributed by atoms with van der Waals surface area (Å²) in [5.41, 5.74) is 11.5. The van der Waals surface area contributed by atoms with Crippen molar-refractivity contribution in [3.05, 3.63) is 186 Å². The molecule has 50 heavy (non-hydrogen) atoms. The molecule has 232 valence electrons. The highest BCUT2D eigenvalue weighted by atomic mass is 32.2. The second kappa shape index (κ2) is 9.76. The highest BCUT2D eigenvalue weighted by Crippen LogP contribution is 2.63. The number of aromatic nitrogens is 1. The van der Waals surface area contributed by atoms with Crippen molar-refractivity contribution >= 4 is 75.8 Å². The van der Waals surface area contributed by atoms with E-state index in [1.54, 1.807) is 0 Å². The fourth-order valence-corrected chi connectivity index (χ4v) is 11.7. The zero-order valence-electron chi connectivity index (χ0n) is 26.9. The summed E-state index contributed by atoms with van der Waals surface area (Å²) in [5, 5.41) is 7.81. The minimum absolute atomic E-state index is 0.404. The Hall–Kier alpha value is -5.61. The molecule has 8 aromatic carbocycles. The van der Waals surface area contributed by atoms with Gasteiger partial charge in [-0.05, 0) is 75.2 Å². The Balaban J connectivity index is 1.26. The van der Waals surface area contributed by atoms with Crippen molar-refractivity contribution < 1.29 is 0 Å². The van der Waals surface area contributed by atoms with E-state index in [1.807, 2.05) is 23.1 Å². The van der Waals surface area contributed by atoms with Gasteiger partial charge in [-0.15, -0.1) is 11.3 Å². The van der Waals surface area contributed by atoms with E-state index in [2.05, 4.69) is 168 Å². The third-order valence-corrected chi connectivity index (χ3v) is 13.6. The Morgan fingerprint density at radius 2 is 1.14 bits per heavy atom. The molecule has 0 atom stereocenters. The van der Waals surface area contributed by atoms with E-state index in [1.165, 1.54) is 102 Å². The zero-order valence-corrected chi connectivity index (χ0v) is 28.5. The van der Waals surface area contributed by atoms with Gasteiger partial charge in [-0.2, -0.15) is 0 Å². The minimum Gasteiger partial charge on any atom is -0.309 e. The molecule has 0 saturated carbocycles. The fraction of sp³-hybridized carbons (Fsp3) is 0.0213. The lowest BCUT2D eigenvalue weighted by Crippen LogP contribution is -2.32. The molecule has 2 aromatic heterocycles. The van der Waals surface area contributed by atoms with Gasteiger partial charge in [-0.3, -0.25) is 0 Å². The van der Waals surface area contributed by atoms with Crippen molar-refractivity contribution in [1.82, 2.24) is 4.57 Å². The van der Waals surface area contributed by atoms with Crippen molar-refractivity contribution in [2.24, 2.45) is 0 Å². The maximum atomic E-state index is 2.55. The molecule has 1 aliphatic heterocycles. The van der Waals surface area contributed by atoms with Gasteiger partial charge in [-0.25, -0.2) is 0 Å². The van der Waals surface area contributed by atoms with Crippen LogP contribution in [0.15, 0.2) is 174 Å². The first-order valence-corrected chi connectivity index (χ1v) is 18.8. The van der Waals surface area contributed by atoms with Gasteiger partial charge < -0.3 is 4.57 Å². The van der Waals surface area contributed by atoms with Crippen LogP contribution in [0.4, 0.5) is 0 Å². The van der Waals surface area contributed by atoms with E-state index in [0.29, 0.717) is 0 Å². The largest absolute Gasteiger partial charge is 0.309 e. The molecule has 0 N–H and O–H groups in total. The quantitative estimate of drug-likeness (QED) is 0.168. The molecule has 3 heteroatoms. The molecule has 0 fully saturated rings. The summed E-state index contributed by atoms with van der Waals surface area (Å²) in [5.74, 6) is 0. The van der Waals surface area contributed by atoms with Crippen LogP contribution in [0.3, 0.4) is 0 Å². The van der Waals surface area contributed by atoms with Crippen LogP contribution in [0.2, 0.25) is 0 Å². The summed E-state index contributed by atoms with van der Waals surface area (Å²) in [7, 11) is 0. The third kappa shape index (κ3) is 3.30. The predicted octanol–water partition coefficient (Wildman–Crippen LogP) is 13.1. The van der Waals surface area contributed by atoms with Crippen LogP contribution in [0.25, 0.3) is 69.6 Å². The Bertz CT molecular complexity index is 3040. The van der Waals surface area contributed by atoms with Crippen LogP contribution in [0.5, 0.6) is 0 Å². The van der Waals surface area contributed by atoms with E-state index in [4.69, 9.17) is 0 Å². The summed E-state index contributed by atoms with van der Waals surface area (Å²) in [6, 6.07) is 61.6. The number of hydrogen-bond donors (Lipinski definition) is 0. The van der Waals surface area contributed by atoms with Gasteiger partial charge in [0.1, 0.15) is 0 Å². The standard InChI is InChI=1S/C47H27NS2/c1-2-12-30-28(11-1)21-23-34-44-40(48(45(30)34)29-22-26-42-35(27-29)33-15-5-9-19-41(33)49-42)25-24-39-46(44)50-43-20-10-8-18-38(43)47(39)36-16-6-3-13-31(36)32-14-4-7-17-37(32)47/h1-27H. The zero-order chi connectivity index (χ0) is 32.6. The van der Waals surface area contributed by atoms with Crippen molar-refractivity contribution in [3.8, 4) is 16.8 Å². The van der Waals surface area contributed by atoms with Gasteiger partial charge >= 0.3 is 0 Å². The van der Waals surface area contributed by atoms with Gasteiger partial charge in [-0.1, -0.05) is 139 Å². The molecule has 0 bridgehead atoms. The van der Waals surface area contributed by atoms with Gasteiger partial charge in [0, 0.05) is 51.8 Å². The van der Waals surface area contributed by atoms with E-state index in [0.717, 1.165) is 0 Å². The highest BCUT2D eigenvalue weighted by molar-refractivity contribution is 7.99. The Morgan fingerprint density at radius 1 is 0.460 bits per heavy atom. The van der Waals surface area contributed by atoms with E-state index in [-0.39, 0.29) is 0 Å². The molecular formula is C47H27NS2. The van der Waals surface area contributed by atoms with Crippen LogP contribution >= 0.6 is 23.1 Å². The van der Waals surface area contributed by atoms with Crippen molar-refractivity contribution in [2.45, 2.75) is 15.2 Å². The molecular weight excluding hydrogens is 643 g/mol. The summed E-state index contributed by atoms with van der Waals surface area (Å²) in [4.78, 5) is 2.68. The van der Waals surface area contributed by atoms with Crippen molar-refractivity contribution in [2.75, 3.05) is 0 Å². The lowest BCUT2D eigenvalue weighted by atomic mass is 9.67. The van der Waals surface area contributed by atoms with Crippen LogP contribution in [0, 0.1) is 0 Å². The fourth-order valence-electron chi connectivity index (χ4n) is 9.30. The van der Waals surface area contributed by atoms with E-state index >= 15 is 0 Å². The highest BCUT2D eigenvalue weighted by Gasteiger charge is 2.50. The minimum atomic E-state index is -0.404. The summed E-state index contributed by atoms with van der Waals surface area (Å²) in [6.45, 7) is 0. The van der Waals surface area contributed by atoms with Gasteiger partial charge in [0.25, 0.3) is 0 Å². The molecule has 12 rings (SSSR count). The summed E-state index contributed by atoms with van der Waals surface area (Å²) >= 11 is 3.82. The number of benzene rings is 8. The first kappa shape index (κ1) is 27.2. The SMILES string of the molecule is c1ccc2c(c1)Sc1c(ccc3c1c1ccc4ccccc4c1n3-c1ccc3sc4ccccc4c3c1)C21c2ccccc2-c2ccccc21. The molecule has 3 heterocycles. The predicted molar refractivity (Wildman–Crippen MR) is 213 cm³/mol. The molecule has 1 aliphatic carbocycles. The van der Waals surface area contributed by atoms with Crippen LogP contribution in [0.1, 0.15) is 22.3 Å². The molecule has 10 aromatic rings. The Kier molecular flexibility index (Phi) is 5.32. The van der Waals surface area contributed by atoms with E-state index in [9.17, 15) is 0 Å². The van der Waals surface area contributed by atoms with Crippen molar-refractivity contribution in [1.29, 1.82) is 0 Å². The smallest absolute Gasteiger partial charge is 0.0735 e. The lowest BCUT2D eigenvalue weighted by molar-refractivity contribution is 0.726. The average molecular weight is 670 g/mol. The molecule has 0 saturated heterocycles. The molecule has 0 radical (unpaired) electrons. The van der Waals surface area contributed by atoms with Gasteiger partial charge in [0.15, 0.2) is 0 Å².